The second-order valence-electron chi connectivity index (χ2n) is 5.40. The number of nitrogens with one attached hydrogen (secondary N) is 1. The summed E-state index contributed by atoms with van der Waals surface area (Å²) in [4.78, 5) is 2.69. The fourth-order valence-electron chi connectivity index (χ4n) is 2.68. The highest BCUT2D eigenvalue weighted by Crippen LogP contribution is 2.29. The average molecular weight is 258 g/mol. The number of hydrogen-bond acceptors (Lipinski definition) is 3. The fourth-order valence-corrected chi connectivity index (χ4v) is 3.76. The Bertz CT molecular complexity index is 204. The van der Waals surface area contributed by atoms with Crippen molar-refractivity contribution in [3.8, 4) is 0 Å². The molecule has 0 bridgehead atoms. The average Bonchev–Trinajstić information content (AvgIpc) is 2.35. The summed E-state index contributed by atoms with van der Waals surface area (Å²) in [6.07, 6.45) is 2.57. The summed E-state index contributed by atoms with van der Waals surface area (Å²) < 4.78 is 0. The summed E-state index contributed by atoms with van der Waals surface area (Å²) in [5.74, 6) is 1.31. The van der Waals surface area contributed by atoms with Crippen LogP contribution in [-0.2, 0) is 0 Å². The molecule has 0 aromatic rings. The smallest absolute Gasteiger partial charge is 0.0147 e. The van der Waals surface area contributed by atoms with E-state index < -0.39 is 0 Å². The van der Waals surface area contributed by atoms with Crippen molar-refractivity contribution in [2.75, 3.05) is 38.5 Å². The number of thioether (sulfide) groups is 1. The van der Waals surface area contributed by atoms with Gasteiger partial charge in [0.25, 0.3) is 0 Å². The van der Waals surface area contributed by atoms with E-state index in [9.17, 15) is 0 Å². The van der Waals surface area contributed by atoms with Gasteiger partial charge >= 0.3 is 0 Å². The van der Waals surface area contributed by atoms with Gasteiger partial charge in [0.15, 0.2) is 0 Å². The van der Waals surface area contributed by atoms with Gasteiger partial charge in [-0.1, -0.05) is 27.7 Å². The molecule has 0 aliphatic carbocycles. The Labute approximate surface area is 112 Å². The van der Waals surface area contributed by atoms with E-state index in [1.54, 1.807) is 0 Å². The molecule has 0 radical (unpaired) electrons. The second-order valence-corrected chi connectivity index (χ2v) is 6.95. The Morgan fingerprint density at radius 2 is 2.00 bits per heavy atom. The first kappa shape index (κ1) is 15.3. The van der Waals surface area contributed by atoms with Gasteiger partial charge in [-0.25, -0.2) is 0 Å². The lowest BCUT2D eigenvalue weighted by molar-refractivity contribution is 0.139. The van der Waals surface area contributed by atoms with Crippen LogP contribution in [0.15, 0.2) is 0 Å². The molecule has 102 valence electrons. The molecule has 0 saturated carbocycles. The molecule has 17 heavy (non-hydrogen) atoms. The SMILES string of the molecule is CCNCC(CC)(CC)CN1CCSC(C)C1. The summed E-state index contributed by atoms with van der Waals surface area (Å²) in [6, 6.07) is 0. The Kier molecular flexibility index (Phi) is 6.90. The largest absolute Gasteiger partial charge is 0.316 e. The molecular formula is C14H30N2S. The number of nitrogens with zero attached hydrogens (tertiary/aromatic N) is 1. The molecule has 1 N–H and O–H groups in total. The molecule has 1 aliphatic heterocycles. The van der Waals surface area contributed by atoms with Crippen LogP contribution in [0.4, 0.5) is 0 Å². The minimum Gasteiger partial charge on any atom is -0.316 e. The summed E-state index contributed by atoms with van der Waals surface area (Å²) in [6.45, 7) is 15.4. The van der Waals surface area contributed by atoms with Crippen molar-refractivity contribution in [3.63, 3.8) is 0 Å². The summed E-state index contributed by atoms with van der Waals surface area (Å²) in [5, 5.41) is 4.37. The molecule has 0 aromatic heterocycles. The maximum absolute atomic E-state index is 3.56. The first-order chi connectivity index (χ1) is 8.15. The van der Waals surface area contributed by atoms with Crippen LogP contribution in [0.25, 0.3) is 0 Å². The second kappa shape index (κ2) is 7.65. The fraction of sp³-hybridized carbons (Fsp3) is 1.00. The molecule has 1 unspecified atom stereocenters. The van der Waals surface area contributed by atoms with Crippen molar-refractivity contribution in [1.82, 2.24) is 10.2 Å². The van der Waals surface area contributed by atoms with Crippen molar-refractivity contribution in [2.24, 2.45) is 5.41 Å². The van der Waals surface area contributed by atoms with E-state index >= 15 is 0 Å². The lowest BCUT2D eigenvalue weighted by Crippen LogP contribution is -2.47. The van der Waals surface area contributed by atoms with Crippen LogP contribution < -0.4 is 5.32 Å². The van der Waals surface area contributed by atoms with E-state index in [0.29, 0.717) is 5.41 Å². The van der Waals surface area contributed by atoms with Gasteiger partial charge in [-0.2, -0.15) is 11.8 Å². The van der Waals surface area contributed by atoms with Crippen molar-refractivity contribution < 1.29 is 0 Å². The van der Waals surface area contributed by atoms with E-state index in [4.69, 9.17) is 0 Å². The Morgan fingerprint density at radius 1 is 1.29 bits per heavy atom. The van der Waals surface area contributed by atoms with Gasteiger partial charge in [0.05, 0.1) is 0 Å². The van der Waals surface area contributed by atoms with Crippen molar-refractivity contribution in [2.45, 2.75) is 45.8 Å². The first-order valence-electron chi connectivity index (χ1n) is 7.20. The van der Waals surface area contributed by atoms with Gasteiger partial charge in [0.2, 0.25) is 0 Å². The topological polar surface area (TPSA) is 15.3 Å². The summed E-state index contributed by atoms with van der Waals surface area (Å²) >= 11 is 2.12. The zero-order valence-electron chi connectivity index (χ0n) is 12.1. The molecule has 1 atom stereocenters. The third kappa shape index (κ3) is 4.80. The van der Waals surface area contributed by atoms with Gasteiger partial charge in [0.1, 0.15) is 0 Å². The molecule has 1 fully saturated rings. The molecule has 1 aliphatic rings. The van der Waals surface area contributed by atoms with Gasteiger partial charge in [-0.05, 0) is 24.8 Å². The summed E-state index contributed by atoms with van der Waals surface area (Å²) in [7, 11) is 0. The minimum atomic E-state index is 0.484. The van der Waals surface area contributed by atoms with E-state index in [0.717, 1.165) is 11.8 Å². The highest BCUT2D eigenvalue weighted by Gasteiger charge is 2.30. The minimum absolute atomic E-state index is 0.484. The van der Waals surface area contributed by atoms with Crippen LogP contribution in [0, 0.1) is 5.41 Å². The summed E-state index contributed by atoms with van der Waals surface area (Å²) in [5.41, 5.74) is 0.484. The Morgan fingerprint density at radius 3 is 2.53 bits per heavy atom. The van der Waals surface area contributed by atoms with Crippen LogP contribution in [-0.4, -0.2) is 48.6 Å². The molecule has 2 nitrogen and oxygen atoms in total. The van der Waals surface area contributed by atoms with Crippen molar-refractivity contribution in [1.29, 1.82) is 0 Å². The van der Waals surface area contributed by atoms with Gasteiger partial charge < -0.3 is 10.2 Å². The van der Waals surface area contributed by atoms with E-state index in [2.05, 4.69) is 49.7 Å². The zero-order valence-corrected chi connectivity index (χ0v) is 12.9. The van der Waals surface area contributed by atoms with E-state index in [-0.39, 0.29) is 0 Å². The zero-order chi connectivity index (χ0) is 12.7. The molecule has 1 saturated heterocycles. The van der Waals surface area contributed by atoms with Gasteiger partial charge in [0, 0.05) is 37.2 Å². The highest BCUT2D eigenvalue weighted by molar-refractivity contribution is 7.99. The third-order valence-electron chi connectivity index (χ3n) is 4.13. The quantitative estimate of drug-likeness (QED) is 0.756. The third-order valence-corrected chi connectivity index (χ3v) is 5.27. The standard InChI is InChI=1S/C14H30N2S/c1-5-14(6-2,11-15-7-3)12-16-8-9-17-13(4)10-16/h13,15H,5-12H2,1-4H3. The maximum Gasteiger partial charge on any atom is 0.0147 e. The predicted octanol–water partition coefficient (Wildman–Crippen LogP) is 2.84. The van der Waals surface area contributed by atoms with Crippen molar-refractivity contribution in [3.05, 3.63) is 0 Å². The Balaban J connectivity index is 2.52. The highest BCUT2D eigenvalue weighted by atomic mass is 32.2. The van der Waals surface area contributed by atoms with Crippen LogP contribution in [0.5, 0.6) is 0 Å². The van der Waals surface area contributed by atoms with Crippen LogP contribution in [0.1, 0.15) is 40.5 Å². The molecule has 0 aromatic carbocycles. The van der Waals surface area contributed by atoms with Crippen molar-refractivity contribution >= 4 is 11.8 Å². The van der Waals surface area contributed by atoms with E-state index in [1.807, 2.05) is 0 Å². The number of hydrogen-bond donors (Lipinski definition) is 1. The monoisotopic (exact) mass is 258 g/mol. The lowest BCUT2D eigenvalue weighted by Gasteiger charge is -2.40. The normalized spacial score (nSPS) is 22.9. The van der Waals surface area contributed by atoms with Crippen LogP contribution in [0.2, 0.25) is 0 Å². The van der Waals surface area contributed by atoms with Gasteiger partial charge in [-0.15, -0.1) is 0 Å². The molecule has 3 heteroatoms. The van der Waals surface area contributed by atoms with Gasteiger partial charge in [-0.3, -0.25) is 0 Å². The van der Waals surface area contributed by atoms with Crippen LogP contribution in [0.3, 0.4) is 0 Å². The molecule has 1 rings (SSSR count). The first-order valence-corrected chi connectivity index (χ1v) is 8.25. The number of rotatable bonds is 7. The Hall–Kier alpha value is 0.270. The maximum atomic E-state index is 3.56. The molecule has 0 spiro atoms. The molecular weight excluding hydrogens is 228 g/mol. The predicted molar refractivity (Wildman–Crippen MR) is 79.9 cm³/mol. The molecule has 1 heterocycles. The van der Waals surface area contributed by atoms with E-state index in [1.165, 1.54) is 44.8 Å². The van der Waals surface area contributed by atoms with Crippen LogP contribution >= 0.6 is 11.8 Å². The molecule has 0 amide bonds. The lowest BCUT2D eigenvalue weighted by atomic mass is 9.81.